The molecule has 1 fully saturated rings. The molecule has 1 unspecified atom stereocenters. The van der Waals surface area contributed by atoms with Crippen LogP contribution in [0, 0.1) is 3.70 Å². The van der Waals surface area contributed by atoms with Crippen molar-refractivity contribution in [2.45, 2.75) is 12.5 Å². The topological polar surface area (TPSA) is 27.1 Å². The van der Waals surface area contributed by atoms with Crippen molar-refractivity contribution in [3.8, 4) is 0 Å². The predicted octanol–water partition coefficient (Wildman–Crippen LogP) is 2.10. The summed E-state index contributed by atoms with van der Waals surface area (Å²) in [6, 6.07) is 0.381. The van der Waals surface area contributed by atoms with E-state index in [0.717, 1.165) is 28.4 Å². The van der Waals surface area contributed by atoms with Crippen molar-refractivity contribution >= 4 is 34.2 Å². The summed E-state index contributed by atoms with van der Waals surface area (Å²) in [7, 11) is 0. The standard InChI is InChI=1S/C7H8ClIN2O/c8-6-3-11(10-7(6)9)5-1-2-12-4-5/h3,5H,1-2,4H2. The Balaban J connectivity index is 2.21. The minimum absolute atomic E-state index is 0.381. The van der Waals surface area contributed by atoms with Gasteiger partial charge >= 0.3 is 0 Å². The van der Waals surface area contributed by atoms with Gasteiger partial charge in [-0.2, -0.15) is 5.10 Å². The second kappa shape index (κ2) is 3.51. The SMILES string of the molecule is Clc1cn(C2CCOC2)nc1I. The van der Waals surface area contributed by atoms with Crippen LogP contribution in [-0.2, 0) is 4.74 Å². The Morgan fingerprint density at radius 2 is 2.58 bits per heavy atom. The predicted molar refractivity (Wildman–Crippen MR) is 54.4 cm³/mol. The normalized spacial score (nSPS) is 23.3. The van der Waals surface area contributed by atoms with Crippen LogP contribution in [0.1, 0.15) is 12.5 Å². The van der Waals surface area contributed by atoms with E-state index in [-0.39, 0.29) is 0 Å². The second-order valence-corrected chi connectivity index (χ2v) is 4.19. The number of ether oxygens (including phenoxy) is 1. The molecule has 0 saturated carbocycles. The minimum atomic E-state index is 0.381. The van der Waals surface area contributed by atoms with Gasteiger partial charge in [-0.1, -0.05) is 11.6 Å². The summed E-state index contributed by atoms with van der Waals surface area (Å²) in [6.07, 6.45) is 2.90. The van der Waals surface area contributed by atoms with E-state index in [1.54, 1.807) is 0 Å². The molecule has 0 N–H and O–H groups in total. The lowest BCUT2D eigenvalue weighted by atomic mass is 10.3. The van der Waals surface area contributed by atoms with Gasteiger partial charge in [0.25, 0.3) is 0 Å². The molecule has 2 heterocycles. The van der Waals surface area contributed by atoms with Crippen molar-refractivity contribution in [3.05, 3.63) is 14.9 Å². The van der Waals surface area contributed by atoms with Crippen molar-refractivity contribution in [1.29, 1.82) is 0 Å². The maximum absolute atomic E-state index is 5.88. The van der Waals surface area contributed by atoms with Gasteiger partial charge in [-0.3, -0.25) is 4.68 Å². The van der Waals surface area contributed by atoms with Gasteiger partial charge in [0.15, 0.2) is 0 Å². The molecule has 0 spiro atoms. The summed E-state index contributed by atoms with van der Waals surface area (Å²) >= 11 is 8.00. The van der Waals surface area contributed by atoms with Crippen molar-refractivity contribution in [1.82, 2.24) is 9.78 Å². The molecule has 1 aliphatic rings. The van der Waals surface area contributed by atoms with Gasteiger partial charge in [-0.25, -0.2) is 0 Å². The number of nitrogens with zero attached hydrogens (tertiary/aromatic N) is 2. The lowest BCUT2D eigenvalue weighted by Gasteiger charge is -2.06. The second-order valence-electron chi connectivity index (χ2n) is 2.77. The van der Waals surface area contributed by atoms with Crippen molar-refractivity contribution in [3.63, 3.8) is 0 Å². The molecule has 3 nitrogen and oxygen atoms in total. The summed E-state index contributed by atoms with van der Waals surface area (Å²) < 4.78 is 8.02. The monoisotopic (exact) mass is 298 g/mol. The van der Waals surface area contributed by atoms with E-state index in [0.29, 0.717) is 6.04 Å². The molecule has 0 amide bonds. The maximum Gasteiger partial charge on any atom is 0.141 e. The Labute approximate surface area is 89.2 Å². The Morgan fingerprint density at radius 3 is 3.08 bits per heavy atom. The summed E-state index contributed by atoms with van der Waals surface area (Å²) in [6.45, 7) is 1.59. The minimum Gasteiger partial charge on any atom is -0.379 e. The summed E-state index contributed by atoms with van der Waals surface area (Å²) in [4.78, 5) is 0. The molecule has 0 radical (unpaired) electrons. The number of halogens is 2. The van der Waals surface area contributed by atoms with Crippen molar-refractivity contribution < 1.29 is 4.74 Å². The molecule has 0 bridgehead atoms. The van der Waals surface area contributed by atoms with E-state index in [4.69, 9.17) is 16.3 Å². The smallest absolute Gasteiger partial charge is 0.141 e. The molecule has 12 heavy (non-hydrogen) atoms. The molecule has 1 aromatic heterocycles. The van der Waals surface area contributed by atoms with Gasteiger partial charge in [-0.05, 0) is 29.0 Å². The average molecular weight is 299 g/mol. The quantitative estimate of drug-likeness (QED) is 0.743. The fourth-order valence-electron chi connectivity index (χ4n) is 1.27. The Kier molecular flexibility index (Phi) is 2.57. The Morgan fingerprint density at radius 1 is 1.75 bits per heavy atom. The molecular weight excluding hydrogens is 290 g/mol. The first-order valence-electron chi connectivity index (χ1n) is 3.75. The highest BCUT2D eigenvalue weighted by atomic mass is 127. The van der Waals surface area contributed by atoms with Crippen molar-refractivity contribution in [2.24, 2.45) is 0 Å². The van der Waals surface area contributed by atoms with Crippen LogP contribution in [0.15, 0.2) is 6.20 Å². The van der Waals surface area contributed by atoms with Crippen molar-refractivity contribution in [2.75, 3.05) is 13.2 Å². The first-order valence-corrected chi connectivity index (χ1v) is 5.21. The first-order chi connectivity index (χ1) is 5.77. The van der Waals surface area contributed by atoms with Gasteiger partial charge in [0.2, 0.25) is 0 Å². The van der Waals surface area contributed by atoms with Gasteiger partial charge < -0.3 is 4.74 Å². The zero-order valence-electron chi connectivity index (χ0n) is 6.33. The molecule has 1 saturated heterocycles. The fourth-order valence-corrected chi connectivity index (χ4v) is 1.79. The third-order valence-corrected chi connectivity index (χ3v) is 3.32. The molecule has 1 aromatic rings. The fraction of sp³-hybridized carbons (Fsp3) is 0.571. The highest BCUT2D eigenvalue weighted by Crippen LogP contribution is 2.22. The van der Waals surface area contributed by atoms with E-state index in [1.165, 1.54) is 0 Å². The molecule has 0 aliphatic carbocycles. The lowest BCUT2D eigenvalue weighted by Crippen LogP contribution is -2.08. The number of rotatable bonds is 1. The summed E-state index contributed by atoms with van der Waals surface area (Å²) in [5.41, 5.74) is 0. The van der Waals surface area contributed by atoms with Crippen LogP contribution in [0.3, 0.4) is 0 Å². The van der Waals surface area contributed by atoms with E-state index in [1.807, 2.05) is 10.9 Å². The van der Waals surface area contributed by atoms with Gasteiger partial charge in [0, 0.05) is 12.8 Å². The van der Waals surface area contributed by atoms with Crippen LogP contribution >= 0.6 is 34.2 Å². The molecule has 5 heteroatoms. The van der Waals surface area contributed by atoms with Crippen LogP contribution in [0.2, 0.25) is 5.02 Å². The van der Waals surface area contributed by atoms with Crippen LogP contribution < -0.4 is 0 Å². The zero-order chi connectivity index (χ0) is 8.55. The number of hydrogen-bond acceptors (Lipinski definition) is 2. The maximum atomic E-state index is 5.88. The first kappa shape index (κ1) is 8.77. The third kappa shape index (κ3) is 1.60. The summed E-state index contributed by atoms with van der Waals surface area (Å²) in [5.74, 6) is 0. The average Bonchev–Trinajstić information content (AvgIpc) is 2.61. The highest BCUT2D eigenvalue weighted by Gasteiger charge is 2.19. The number of hydrogen-bond donors (Lipinski definition) is 0. The van der Waals surface area contributed by atoms with E-state index >= 15 is 0 Å². The zero-order valence-corrected chi connectivity index (χ0v) is 9.25. The third-order valence-electron chi connectivity index (χ3n) is 1.93. The van der Waals surface area contributed by atoms with E-state index in [2.05, 4.69) is 27.7 Å². The van der Waals surface area contributed by atoms with E-state index in [9.17, 15) is 0 Å². The van der Waals surface area contributed by atoms with E-state index < -0.39 is 0 Å². The molecule has 0 aromatic carbocycles. The van der Waals surface area contributed by atoms with Gasteiger partial charge in [-0.15, -0.1) is 0 Å². The van der Waals surface area contributed by atoms with Crippen LogP contribution in [0.4, 0.5) is 0 Å². The van der Waals surface area contributed by atoms with Crippen LogP contribution in [0.5, 0.6) is 0 Å². The van der Waals surface area contributed by atoms with Crippen LogP contribution in [0.25, 0.3) is 0 Å². The molecule has 1 atom stereocenters. The van der Waals surface area contributed by atoms with Crippen LogP contribution in [-0.4, -0.2) is 23.0 Å². The number of aromatic nitrogens is 2. The Bertz CT molecular complexity index is 263. The highest BCUT2D eigenvalue weighted by molar-refractivity contribution is 14.1. The molecule has 1 aliphatic heterocycles. The molecule has 66 valence electrons. The van der Waals surface area contributed by atoms with Gasteiger partial charge in [0.1, 0.15) is 3.70 Å². The Hall–Kier alpha value is 0.190. The largest absolute Gasteiger partial charge is 0.379 e. The lowest BCUT2D eigenvalue weighted by molar-refractivity contribution is 0.184. The van der Waals surface area contributed by atoms with Gasteiger partial charge in [0.05, 0.1) is 17.7 Å². The summed E-state index contributed by atoms with van der Waals surface area (Å²) in [5, 5.41) is 5.01. The molecular formula is C7H8ClIN2O. The molecule has 2 rings (SSSR count).